The summed E-state index contributed by atoms with van der Waals surface area (Å²) in [7, 11) is 0. The smallest absolute Gasteiger partial charge is 0.252 e. The van der Waals surface area contributed by atoms with Crippen LogP contribution in [0.4, 0.5) is 51.2 Å². The number of benzene rings is 8. The first-order valence-electron chi connectivity index (χ1n) is 18.6. The molecule has 0 atom stereocenters. The Bertz CT molecular complexity index is 2830. The van der Waals surface area contributed by atoms with E-state index in [-0.39, 0.29) is 6.71 Å². The summed E-state index contributed by atoms with van der Waals surface area (Å²) in [4.78, 5) is 7.20. The molecule has 1 aromatic heterocycles. The number of hydrogen-bond acceptors (Lipinski definition) is 4. The normalized spacial score (nSPS) is 12.8. The minimum absolute atomic E-state index is 0.0162. The van der Waals surface area contributed by atoms with Crippen LogP contribution in [0, 0.1) is 6.92 Å². The largest absolute Gasteiger partial charge is 0.456 e. The van der Waals surface area contributed by atoms with Crippen molar-refractivity contribution in [2.24, 2.45) is 0 Å². The van der Waals surface area contributed by atoms with Gasteiger partial charge in [0.2, 0.25) is 0 Å². The molecule has 11 rings (SSSR count). The molecule has 9 aromatic rings. The van der Waals surface area contributed by atoms with Crippen molar-refractivity contribution in [3.63, 3.8) is 0 Å². The van der Waals surface area contributed by atoms with Crippen LogP contribution < -0.4 is 31.1 Å². The zero-order valence-corrected chi connectivity index (χ0v) is 29.7. The van der Waals surface area contributed by atoms with E-state index in [0.29, 0.717) is 0 Å². The number of para-hydroxylation sites is 5. The van der Waals surface area contributed by atoms with Crippen LogP contribution in [0.25, 0.3) is 21.9 Å². The van der Waals surface area contributed by atoms with Crippen molar-refractivity contribution >= 4 is 96.2 Å². The molecule has 5 heteroatoms. The van der Waals surface area contributed by atoms with Gasteiger partial charge in [-0.3, -0.25) is 0 Å². The van der Waals surface area contributed by atoms with Crippen molar-refractivity contribution in [2.75, 3.05) is 14.7 Å². The Balaban J connectivity index is 1.16. The minimum atomic E-state index is 0.0162. The van der Waals surface area contributed by atoms with Crippen molar-refractivity contribution in [3.8, 4) is 0 Å². The lowest BCUT2D eigenvalue weighted by Gasteiger charge is -2.44. The predicted molar refractivity (Wildman–Crippen MR) is 227 cm³/mol. The summed E-state index contributed by atoms with van der Waals surface area (Å²) in [5.74, 6) is 0. The fraction of sp³-hybridized carbons (Fsp3) is 0.0204. The minimum Gasteiger partial charge on any atom is -0.456 e. The Labute approximate surface area is 314 Å². The van der Waals surface area contributed by atoms with Crippen LogP contribution in [0.2, 0.25) is 0 Å². The average molecular weight is 692 g/mol. The lowest BCUT2D eigenvalue weighted by molar-refractivity contribution is 0.669. The van der Waals surface area contributed by atoms with Crippen LogP contribution in [0.5, 0.6) is 0 Å². The Morgan fingerprint density at radius 2 is 1.02 bits per heavy atom. The van der Waals surface area contributed by atoms with Crippen LogP contribution in [-0.2, 0) is 0 Å². The molecule has 0 radical (unpaired) electrons. The topological polar surface area (TPSA) is 22.9 Å². The summed E-state index contributed by atoms with van der Waals surface area (Å²) in [5, 5.41) is 2.20. The van der Waals surface area contributed by atoms with E-state index in [0.717, 1.165) is 44.7 Å². The number of aryl methyl sites for hydroxylation is 1. The van der Waals surface area contributed by atoms with E-state index >= 15 is 0 Å². The quantitative estimate of drug-likeness (QED) is 0.168. The summed E-state index contributed by atoms with van der Waals surface area (Å²) in [6.45, 7) is 2.23. The van der Waals surface area contributed by atoms with E-state index in [1.165, 1.54) is 50.4 Å². The maximum absolute atomic E-state index is 6.90. The molecule has 0 spiro atoms. The Morgan fingerprint density at radius 3 is 1.74 bits per heavy atom. The molecule has 0 unspecified atom stereocenters. The Kier molecular flexibility index (Phi) is 6.83. The molecular formula is C49H34BN3O. The number of anilines is 9. The molecule has 0 saturated heterocycles. The zero-order valence-electron chi connectivity index (χ0n) is 29.7. The number of hydrogen-bond donors (Lipinski definition) is 0. The molecule has 54 heavy (non-hydrogen) atoms. The summed E-state index contributed by atoms with van der Waals surface area (Å²) < 4.78 is 6.90. The van der Waals surface area contributed by atoms with Gasteiger partial charge in [-0.2, -0.15) is 0 Å². The molecule has 0 N–H and O–H groups in total. The van der Waals surface area contributed by atoms with Crippen molar-refractivity contribution < 1.29 is 4.42 Å². The molecule has 2 aliphatic rings. The zero-order chi connectivity index (χ0) is 35.8. The van der Waals surface area contributed by atoms with Gasteiger partial charge in [-0.1, -0.05) is 97.1 Å². The molecule has 4 nitrogen and oxygen atoms in total. The highest BCUT2D eigenvalue weighted by Crippen LogP contribution is 2.46. The molecule has 254 valence electrons. The van der Waals surface area contributed by atoms with Crippen LogP contribution in [-0.4, -0.2) is 6.71 Å². The SMILES string of the molecule is Cc1ccccc1N1c2cc3c(cc2B2c4ccccc4N(c4ccccc4)c4cccc1c42)oc1cc(N(c2ccccc2)c2ccccc2)ccc13. The van der Waals surface area contributed by atoms with Crippen LogP contribution in [0.15, 0.2) is 192 Å². The molecular weight excluding hydrogens is 657 g/mol. The molecule has 0 aliphatic carbocycles. The molecule has 0 saturated carbocycles. The van der Waals surface area contributed by atoms with Crippen LogP contribution in [0.3, 0.4) is 0 Å². The summed E-state index contributed by atoms with van der Waals surface area (Å²) in [6.07, 6.45) is 0. The second kappa shape index (κ2) is 12.0. The van der Waals surface area contributed by atoms with Gasteiger partial charge in [0, 0.05) is 68.0 Å². The molecule has 3 heterocycles. The molecule has 0 fully saturated rings. The van der Waals surface area contributed by atoms with Gasteiger partial charge in [0.25, 0.3) is 6.71 Å². The first kappa shape index (κ1) is 30.6. The van der Waals surface area contributed by atoms with E-state index in [1.54, 1.807) is 0 Å². The number of nitrogens with zero attached hydrogens (tertiary/aromatic N) is 3. The third-order valence-corrected chi connectivity index (χ3v) is 11.1. The molecule has 0 bridgehead atoms. The Hall–Kier alpha value is -6.98. The fourth-order valence-corrected chi connectivity index (χ4v) is 8.81. The van der Waals surface area contributed by atoms with Crippen molar-refractivity contribution in [1.29, 1.82) is 0 Å². The van der Waals surface area contributed by atoms with Crippen LogP contribution >= 0.6 is 0 Å². The lowest BCUT2D eigenvalue weighted by Crippen LogP contribution is -2.61. The summed E-state index contributed by atoms with van der Waals surface area (Å²) in [6, 6.07) is 67.5. The monoisotopic (exact) mass is 691 g/mol. The second-order valence-electron chi connectivity index (χ2n) is 14.2. The first-order valence-corrected chi connectivity index (χ1v) is 18.6. The standard InChI is InChI=1S/C49H34BN3O/c1-33-16-11-13-24-42(33)53-45-27-15-26-44-49(45)50(40-23-12-14-25-43(40)52(44)36-21-9-4-10-22-36)41-32-48-39(31-46(41)53)38-29-28-37(30-47(38)54-48)51(34-17-5-2-6-18-34)35-19-7-3-8-20-35/h2-32H,1H3. The van der Waals surface area contributed by atoms with E-state index in [4.69, 9.17) is 4.42 Å². The first-order chi connectivity index (χ1) is 26.7. The van der Waals surface area contributed by atoms with Gasteiger partial charge in [-0.05, 0) is 114 Å². The van der Waals surface area contributed by atoms with E-state index in [2.05, 4.69) is 210 Å². The average Bonchev–Trinajstić information content (AvgIpc) is 3.58. The van der Waals surface area contributed by atoms with E-state index < -0.39 is 0 Å². The highest BCUT2D eigenvalue weighted by atomic mass is 16.3. The Morgan fingerprint density at radius 1 is 0.426 bits per heavy atom. The number of furan rings is 1. The third kappa shape index (κ3) is 4.58. The van der Waals surface area contributed by atoms with Crippen LogP contribution in [0.1, 0.15) is 5.56 Å². The molecule has 8 aromatic carbocycles. The van der Waals surface area contributed by atoms with Gasteiger partial charge < -0.3 is 19.1 Å². The third-order valence-electron chi connectivity index (χ3n) is 11.1. The van der Waals surface area contributed by atoms with Gasteiger partial charge in [0.15, 0.2) is 0 Å². The summed E-state index contributed by atoms with van der Waals surface area (Å²) >= 11 is 0. The fourth-order valence-electron chi connectivity index (χ4n) is 8.81. The van der Waals surface area contributed by atoms with E-state index in [9.17, 15) is 0 Å². The van der Waals surface area contributed by atoms with Gasteiger partial charge in [0.1, 0.15) is 11.2 Å². The van der Waals surface area contributed by atoms with Crippen molar-refractivity contribution in [1.82, 2.24) is 0 Å². The number of fused-ring (bicyclic) bond motifs is 7. The lowest BCUT2D eigenvalue weighted by atomic mass is 9.33. The van der Waals surface area contributed by atoms with Crippen molar-refractivity contribution in [2.45, 2.75) is 6.92 Å². The van der Waals surface area contributed by atoms with Gasteiger partial charge in [0.05, 0.1) is 0 Å². The van der Waals surface area contributed by atoms with Gasteiger partial charge in [-0.15, -0.1) is 0 Å². The van der Waals surface area contributed by atoms with Crippen molar-refractivity contribution in [3.05, 3.63) is 194 Å². The maximum Gasteiger partial charge on any atom is 0.252 e. The second-order valence-corrected chi connectivity index (χ2v) is 14.2. The highest BCUT2D eigenvalue weighted by Gasteiger charge is 2.43. The van der Waals surface area contributed by atoms with E-state index in [1.807, 2.05) is 0 Å². The van der Waals surface area contributed by atoms with Gasteiger partial charge >= 0.3 is 0 Å². The maximum atomic E-state index is 6.90. The molecule has 0 amide bonds. The number of rotatable bonds is 5. The highest BCUT2D eigenvalue weighted by molar-refractivity contribution is 7.00. The van der Waals surface area contributed by atoms with Gasteiger partial charge in [-0.25, -0.2) is 0 Å². The molecule has 2 aliphatic heterocycles. The summed E-state index contributed by atoms with van der Waals surface area (Å²) in [5.41, 5.74) is 17.1. The predicted octanol–water partition coefficient (Wildman–Crippen LogP) is 11.4.